The second-order valence-corrected chi connectivity index (χ2v) is 6.39. The zero-order valence-corrected chi connectivity index (χ0v) is 15.9. The van der Waals surface area contributed by atoms with Crippen LogP contribution in [0.4, 0.5) is 4.39 Å². The van der Waals surface area contributed by atoms with Crippen LogP contribution in [-0.4, -0.2) is 48.9 Å². The second-order valence-electron chi connectivity index (χ2n) is 6.39. The SMILES string of the molecule is CN(Cc1cnccn1)C(=O)c1cc(C(=O)NCc2ccc(F)cc2)c(O)c(O)n1. The van der Waals surface area contributed by atoms with Crippen LogP contribution in [0.2, 0.25) is 0 Å². The normalized spacial score (nSPS) is 10.5. The molecule has 1 aromatic carbocycles. The van der Waals surface area contributed by atoms with Gasteiger partial charge in [0.05, 0.1) is 24.0 Å². The molecule has 0 radical (unpaired) electrons. The highest BCUT2D eigenvalue weighted by Crippen LogP contribution is 2.28. The van der Waals surface area contributed by atoms with Gasteiger partial charge in [-0.25, -0.2) is 9.37 Å². The Hall–Kier alpha value is -4.08. The zero-order chi connectivity index (χ0) is 21.7. The summed E-state index contributed by atoms with van der Waals surface area (Å²) in [5.41, 5.74) is 0.612. The number of halogens is 1. The zero-order valence-electron chi connectivity index (χ0n) is 15.9. The van der Waals surface area contributed by atoms with Crippen molar-refractivity contribution in [3.05, 3.63) is 77.3 Å². The average Bonchev–Trinajstić information content (AvgIpc) is 2.75. The van der Waals surface area contributed by atoms with Crippen molar-refractivity contribution in [3.63, 3.8) is 0 Å². The van der Waals surface area contributed by atoms with E-state index in [-0.39, 0.29) is 24.3 Å². The van der Waals surface area contributed by atoms with E-state index in [0.717, 1.165) is 6.07 Å². The molecule has 10 heteroatoms. The van der Waals surface area contributed by atoms with Crippen LogP contribution >= 0.6 is 0 Å². The summed E-state index contributed by atoms with van der Waals surface area (Å²) < 4.78 is 13.0. The summed E-state index contributed by atoms with van der Waals surface area (Å²) in [5, 5.41) is 22.4. The first-order chi connectivity index (χ1) is 14.3. The number of pyridine rings is 1. The van der Waals surface area contributed by atoms with E-state index in [1.165, 1.54) is 54.8 Å². The highest BCUT2D eigenvalue weighted by molar-refractivity contribution is 6.01. The maximum absolute atomic E-state index is 13.0. The van der Waals surface area contributed by atoms with Gasteiger partial charge < -0.3 is 20.4 Å². The third-order valence-corrected chi connectivity index (χ3v) is 4.17. The predicted molar refractivity (Wildman–Crippen MR) is 103 cm³/mol. The van der Waals surface area contributed by atoms with E-state index in [2.05, 4.69) is 20.3 Å². The summed E-state index contributed by atoms with van der Waals surface area (Å²) in [5.74, 6) is -3.33. The van der Waals surface area contributed by atoms with Crippen LogP contribution in [0, 0.1) is 5.82 Å². The summed E-state index contributed by atoms with van der Waals surface area (Å²) >= 11 is 0. The molecule has 3 rings (SSSR count). The molecule has 0 atom stereocenters. The van der Waals surface area contributed by atoms with Crippen LogP contribution in [-0.2, 0) is 13.1 Å². The molecular weight excluding hydrogens is 393 g/mol. The Morgan fingerprint density at radius 3 is 2.57 bits per heavy atom. The lowest BCUT2D eigenvalue weighted by Gasteiger charge is -2.17. The molecule has 0 bridgehead atoms. The molecule has 2 amide bonds. The van der Waals surface area contributed by atoms with Crippen LogP contribution in [0.3, 0.4) is 0 Å². The molecule has 2 heterocycles. The Morgan fingerprint density at radius 2 is 1.90 bits per heavy atom. The molecule has 154 valence electrons. The summed E-state index contributed by atoms with van der Waals surface area (Å²) in [6.07, 6.45) is 4.49. The molecule has 0 saturated carbocycles. The number of nitrogens with one attached hydrogen (secondary N) is 1. The van der Waals surface area contributed by atoms with Crippen molar-refractivity contribution in [3.8, 4) is 11.6 Å². The number of benzene rings is 1. The first-order valence-electron chi connectivity index (χ1n) is 8.81. The lowest BCUT2D eigenvalue weighted by atomic mass is 10.1. The molecule has 0 fully saturated rings. The monoisotopic (exact) mass is 411 g/mol. The molecule has 0 unspecified atom stereocenters. The smallest absolute Gasteiger partial charge is 0.272 e. The van der Waals surface area contributed by atoms with Gasteiger partial charge in [-0.1, -0.05) is 12.1 Å². The molecule has 0 aliphatic rings. The van der Waals surface area contributed by atoms with Crippen molar-refractivity contribution in [2.45, 2.75) is 13.1 Å². The van der Waals surface area contributed by atoms with Gasteiger partial charge in [0, 0.05) is 26.0 Å². The fourth-order valence-electron chi connectivity index (χ4n) is 2.61. The average molecular weight is 411 g/mol. The highest BCUT2D eigenvalue weighted by atomic mass is 19.1. The third-order valence-electron chi connectivity index (χ3n) is 4.17. The molecule has 30 heavy (non-hydrogen) atoms. The summed E-state index contributed by atoms with van der Waals surface area (Å²) in [4.78, 5) is 38.1. The van der Waals surface area contributed by atoms with Gasteiger partial charge in [-0.05, 0) is 23.8 Å². The third kappa shape index (κ3) is 4.85. The number of rotatable bonds is 6. The molecule has 0 aliphatic heterocycles. The Labute approximate surface area is 170 Å². The summed E-state index contributed by atoms with van der Waals surface area (Å²) in [6, 6.07) is 6.58. The predicted octanol–water partition coefficient (Wildman–Crippen LogP) is 1.62. The van der Waals surface area contributed by atoms with Crippen molar-refractivity contribution < 1.29 is 24.2 Å². The molecule has 0 spiro atoms. The standard InChI is InChI=1S/C20H18FN5O4/c1-26(11-14-10-22-6-7-23-14)20(30)16-8-15(17(27)19(29)25-16)18(28)24-9-12-2-4-13(21)5-3-12/h2-8,10,27H,9,11H2,1H3,(H,24,28)(H,25,29). The van der Waals surface area contributed by atoms with E-state index < -0.39 is 29.3 Å². The first-order valence-corrected chi connectivity index (χ1v) is 8.81. The summed E-state index contributed by atoms with van der Waals surface area (Å²) in [7, 11) is 1.50. The minimum absolute atomic E-state index is 0.0531. The van der Waals surface area contributed by atoms with E-state index >= 15 is 0 Å². The molecule has 3 aromatic rings. The Bertz CT molecular complexity index is 1060. The molecule has 3 N–H and O–H groups in total. The maximum atomic E-state index is 13.0. The highest BCUT2D eigenvalue weighted by Gasteiger charge is 2.22. The van der Waals surface area contributed by atoms with E-state index in [9.17, 15) is 24.2 Å². The number of carbonyl (C=O) groups is 2. The van der Waals surface area contributed by atoms with Gasteiger partial charge in [-0.3, -0.25) is 19.6 Å². The molecular formula is C20H18FN5O4. The van der Waals surface area contributed by atoms with Crippen LogP contribution in [0.5, 0.6) is 11.6 Å². The number of hydrogen-bond donors (Lipinski definition) is 3. The van der Waals surface area contributed by atoms with Crippen molar-refractivity contribution in [1.29, 1.82) is 0 Å². The van der Waals surface area contributed by atoms with Crippen LogP contribution < -0.4 is 5.32 Å². The Kier molecular flexibility index (Phi) is 6.16. The van der Waals surface area contributed by atoms with E-state index in [4.69, 9.17) is 0 Å². The van der Waals surface area contributed by atoms with Gasteiger partial charge in [0.1, 0.15) is 11.5 Å². The van der Waals surface area contributed by atoms with E-state index in [0.29, 0.717) is 11.3 Å². The number of amides is 2. The fraction of sp³-hybridized carbons (Fsp3) is 0.150. The van der Waals surface area contributed by atoms with Gasteiger partial charge in [-0.15, -0.1) is 0 Å². The van der Waals surface area contributed by atoms with Crippen molar-refractivity contribution >= 4 is 11.8 Å². The van der Waals surface area contributed by atoms with Gasteiger partial charge in [0.2, 0.25) is 0 Å². The maximum Gasteiger partial charge on any atom is 0.272 e. The number of nitrogens with zero attached hydrogens (tertiary/aromatic N) is 4. The first kappa shape index (κ1) is 20.6. The fourth-order valence-corrected chi connectivity index (χ4v) is 2.61. The number of carbonyl (C=O) groups excluding carboxylic acids is 2. The van der Waals surface area contributed by atoms with E-state index in [1.54, 1.807) is 0 Å². The molecule has 0 aliphatic carbocycles. The van der Waals surface area contributed by atoms with Gasteiger partial charge in [0.25, 0.3) is 17.7 Å². The lowest BCUT2D eigenvalue weighted by molar-refractivity contribution is 0.0776. The largest absolute Gasteiger partial charge is 0.503 e. The van der Waals surface area contributed by atoms with Crippen molar-refractivity contribution in [2.75, 3.05) is 7.05 Å². The van der Waals surface area contributed by atoms with Crippen molar-refractivity contribution in [1.82, 2.24) is 25.2 Å². The lowest BCUT2D eigenvalue weighted by Crippen LogP contribution is -2.28. The van der Waals surface area contributed by atoms with Crippen molar-refractivity contribution in [2.24, 2.45) is 0 Å². The molecule has 0 saturated heterocycles. The number of aromatic hydroxyl groups is 2. The molecule has 9 nitrogen and oxygen atoms in total. The quantitative estimate of drug-likeness (QED) is 0.562. The number of aromatic nitrogens is 3. The van der Waals surface area contributed by atoms with Gasteiger partial charge in [0.15, 0.2) is 5.75 Å². The minimum Gasteiger partial charge on any atom is -0.503 e. The second kappa shape index (κ2) is 8.95. The van der Waals surface area contributed by atoms with Crippen LogP contribution in [0.25, 0.3) is 0 Å². The Balaban J connectivity index is 1.76. The van der Waals surface area contributed by atoms with Gasteiger partial charge >= 0.3 is 0 Å². The minimum atomic E-state index is -0.847. The molecule has 2 aromatic heterocycles. The van der Waals surface area contributed by atoms with Crippen LogP contribution in [0.15, 0.2) is 48.9 Å². The number of hydrogen-bond acceptors (Lipinski definition) is 7. The Morgan fingerprint density at radius 1 is 1.17 bits per heavy atom. The topological polar surface area (TPSA) is 129 Å². The van der Waals surface area contributed by atoms with E-state index in [1.807, 2.05) is 0 Å². The van der Waals surface area contributed by atoms with Crippen LogP contribution in [0.1, 0.15) is 32.1 Å². The van der Waals surface area contributed by atoms with Gasteiger partial charge in [-0.2, -0.15) is 0 Å². The summed E-state index contributed by atoms with van der Waals surface area (Å²) in [6.45, 7) is 0.180.